The van der Waals surface area contributed by atoms with Crippen molar-refractivity contribution in [3.63, 3.8) is 0 Å². The Balaban J connectivity index is 2.83. The predicted octanol–water partition coefficient (Wildman–Crippen LogP) is -0.745. The number of halogens is 1. The zero-order valence-electron chi connectivity index (χ0n) is 3.81. The molecule has 0 aromatic rings. The molecule has 1 atom stereocenters. The summed E-state index contributed by atoms with van der Waals surface area (Å²) in [6, 6.07) is 0. The molecule has 1 N–H and O–H groups in total. The predicted molar refractivity (Wildman–Crippen MR) is 31.3 cm³/mol. The molecule has 0 aliphatic carbocycles. The molecule has 7 heavy (non-hydrogen) atoms. The first-order chi connectivity index (χ1) is 3.31. The molecule has 0 radical (unpaired) electrons. The van der Waals surface area contributed by atoms with Gasteiger partial charge in [0.2, 0.25) is 0 Å². The van der Waals surface area contributed by atoms with Gasteiger partial charge in [0.15, 0.2) is 4.61 Å². The lowest BCUT2D eigenvalue weighted by Crippen LogP contribution is -3.04. The minimum absolute atomic E-state index is 0.338. The van der Waals surface area contributed by atoms with Gasteiger partial charge in [-0.1, -0.05) is 5.39 Å². The Bertz CT molecular complexity index is 43.9. The molecule has 0 spiro atoms. The highest BCUT2D eigenvalue weighted by molar-refractivity contribution is 14.1. The van der Waals surface area contributed by atoms with Gasteiger partial charge in [0.25, 0.3) is 0 Å². The lowest BCUT2D eigenvalue weighted by atomic mass is 11.7. The molecular formula is C2H6INO3. The van der Waals surface area contributed by atoms with Crippen LogP contribution in [0.1, 0.15) is 0 Å². The fourth-order valence-electron chi connectivity index (χ4n) is 0.103. The fourth-order valence-corrected chi connectivity index (χ4v) is 0.358. The van der Waals surface area contributed by atoms with Crippen LogP contribution in [-0.2, 0) is 9.68 Å². The summed E-state index contributed by atoms with van der Waals surface area (Å²) >= 11 is 1.90. The normalized spacial score (nSPS) is 14.1. The van der Waals surface area contributed by atoms with Crippen LogP contribution >= 0.6 is 22.6 Å². The molecule has 0 amide bonds. The van der Waals surface area contributed by atoms with Crippen LogP contribution < -0.4 is 5.39 Å². The first-order valence-electron chi connectivity index (χ1n) is 1.58. The van der Waals surface area contributed by atoms with Gasteiger partial charge in [0, 0.05) is 0 Å². The monoisotopic (exact) mass is 219 g/mol. The van der Waals surface area contributed by atoms with E-state index in [4.69, 9.17) is 0 Å². The summed E-state index contributed by atoms with van der Waals surface area (Å²) in [4.78, 5) is 8.44. The second-order valence-electron chi connectivity index (χ2n) is 0.708. The Hall–Kier alpha value is 0.570. The van der Waals surface area contributed by atoms with Crippen molar-refractivity contribution in [3.8, 4) is 0 Å². The SMILES string of the molecule is CO[NH+]([O-])OCI. The quantitative estimate of drug-likeness (QED) is 0.386. The molecule has 0 saturated carbocycles. The molecule has 5 heteroatoms. The molecule has 0 saturated heterocycles. The van der Waals surface area contributed by atoms with Gasteiger partial charge >= 0.3 is 0 Å². The van der Waals surface area contributed by atoms with Crippen molar-refractivity contribution in [2.75, 3.05) is 11.7 Å². The van der Waals surface area contributed by atoms with Gasteiger partial charge in [0.1, 0.15) is 0 Å². The Morgan fingerprint density at radius 3 is 2.57 bits per heavy atom. The van der Waals surface area contributed by atoms with E-state index in [0.717, 1.165) is 0 Å². The van der Waals surface area contributed by atoms with Gasteiger partial charge in [0.05, 0.1) is 7.11 Å². The summed E-state index contributed by atoms with van der Waals surface area (Å²) in [5.41, 5.74) is 0. The summed E-state index contributed by atoms with van der Waals surface area (Å²) in [6.45, 7) is 0. The molecule has 0 aliphatic rings. The molecule has 0 aliphatic heterocycles. The van der Waals surface area contributed by atoms with Crippen LogP contribution in [0.15, 0.2) is 0 Å². The van der Waals surface area contributed by atoms with Gasteiger partial charge < -0.3 is 5.21 Å². The van der Waals surface area contributed by atoms with Crippen molar-refractivity contribution in [3.05, 3.63) is 5.21 Å². The van der Waals surface area contributed by atoms with E-state index in [1.54, 1.807) is 0 Å². The highest BCUT2D eigenvalue weighted by Crippen LogP contribution is 1.73. The van der Waals surface area contributed by atoms with Crippen molar-refractivity contribution in [2.24, 2.45) is 0 Å². The summed E-state index contributed by atoms with van der Waals surface area (Å²) in [6.07, 6.45) is 0. The van der Waals surface area contributed by atoms with Crippen molar-refractivity contribution >= 4 is 22.6 Å². The van der Waals surface area contributed by atoms with E-state index in [1.165, 1.54) is 7.11 Å². The van der Waals surface area contributed by atoms with E-state index in [-0.39, 0.29) is 0 Å². The minimum Gasteiger partial charge on any atom is -0.566 e. The van der Waals surface area contributed by atoms with E-state index >= 15 is 0 Å². The molecule has 4 nitrogen and oxygen atoms in total. The van der Waals surface area contributed by atoms with Gasteiger partial charge in [-0.2, -0.15) is 9.68 Å². The summed E-state index contributed by atoms with van der Waals surface area (Å²) < 4.78 is 0.338. The van der Waals surface area contributed by atoms with E-state index in [0.29, 0.717) is 4.61 Å². The van der Waals surface area contributed by atoms with Crippen LogP contribution in [0.5, 0.6) is 0 Å². The standard InChI is InChI=1S/C2H6INO3/c1-6-4(5)7-2-3/h4H,2H2,1H3. The zero-order chi connectivity index (χ0) is 5.70. The van der Waals surface area contributed by atoms with Crippen LogP contribution in [-0.4, -0.2) is 11.7 Å². The first-order valence-corrected chi connectivity index (χ1v) is 3.10. The second kappa shape index (κ2) is 4.72. The smallest absolute Gasteiger partial charge is 0.162 e. The van der Waals surface area contributed by atoms with Crippen LogP contribution in [0, 0.1) is 5.21 Å². The molecule has 1 unspecified atom stereocenters. The molecular weight excluding hydrogens is 213 g/mol. The zero-order valence-corrected chi connectivity index (χ0v) is 5.97. The molecule has 0 rings (SSSR count). The van der Waals surface area contributed by atoms with Crippen molar-refractivity contribution < 1.29 is 15.1 Å². The third kappa shape index (κ3) is 4.42. The summed E-state index contributed by atoms with van der Waals surface area (Å²) in [5, 5.41) is 9.33. The molecule has 0 aromatic carbocycles. The molecule has 0 fully saturated rings. The second-order valence-corrected chi connectivity index (χ2v) is 1.33. The summed E-state index contributed by atoms with van der Waals surface area (Å²) in [7, 11) is 1.27. The fraction of sp³-hybridized carbons (Fsp3) is 1.00. The largest absolute Gasteiger partial charge is 0.566 e. The lowest BCUT2D eigenvalue weighted by Gasteiger charge is -2.11. The van der Waals surface area contributed by atoms with Gasteiger partial charge in [-0.3, -0.25) is 0 Å². The minimum atomic E-state index is -0.630. The summed E-state index contributed by atoms with van der Waals surface area (Å²) in [5.74, 6) is 0. The molecule has 44 valence electrons. The number of rotatable bonds is 3. The lowest BCUT2D eigenvalue weighted by molar-refractivity contribution is -1.20. The maximum absolute atomic E-state index is 9.96. The van der Waals surface area contributed by atoms with Crippen LogP contribution in [0.2, 0.25) is 0 Å². The van der Waals surface area contributed by atoms with Crippen molar-refractivity contribution in [1.82, 2.24) is 0 Å². The van der Waals surface area contributed by atoms with E-state index < -0.39 is 5.39 Å². The highest BCUT2D eigenvalue weighted by atomic mass is 127. The Labute approximate surface area is 55.0 Å². The highest BCUT2D eigenvalue weighted by Gasteiger charge is 1.87. The van der Waals surface area contributed by atoms with E-state index in [9.17, 15) is 5.21 Å². The third-order valence-electron chi connectivity index (χ3n) is 0.339. The Morgan fingerprint density at radius 2 is 2.43 bits per heavy atom. The Morgan fingerprint density at radius 1 is 1.86 bits per heavy atom. The van der Waals surface area contributed by atoms with Gasteiger partial charge in [-0.15, -0.1) is 0 Å². The molecule has 0 heterocycles. The third-order valence-corrected chi connectivity index (χ3v) is 0.650. The average molecular weight is 219 g/mol. The number of nitrogens with one attached hydrogen (secondary N) is 1. The van der Waals surface area contributed by atoms with Crippen LogP contribution in [0.25, 0.3) is 0 Å². The Kier molecular flexibility index (Phi) is 5.11. The maximum atomic E-state index is 9.96. The van der Waals surface area contributed by atoms with Crippen molar-refractivity contribution in [1.29, 1.82) is 0 Å². The molecule has 0 aromatic heterocycles. The first kappa shape index (κ1) is 7.57. The van der Waals surface area contributed by atoms with Crippen LogP contribution in [0.4, 0.5) is 0 Å². The van der Waals surface area contributed by atoms with Gasteiger partial charge in [-0.05, 0) is 22.6 Å². The van der Waals surface area contributed by atoms with E-state index in [2.05, 4.69) is 9.68 Å². The number of hydrogen-bond donors (Lipinski definition) is 1. The van der Waals surface area contributed by atoms with Crippen molar-refractivity contribution in [2.45, 2.75) is 0 Å². The topological polar surface area (TPSA) is 46.0 Å². The maximum Gasteiger partial charge on any atom is 0.162 e. The van der Waals surface area contributed by atoms with Crippen LogP contribution in [0.3, 0.4) is 0 Å². The van der Waals surface area contributed by atoms with E-state index in [1.807, 2.05) is 22.6 Å². The number of quaternary nitrogens is 1. The molecule has 0 bridgehead atoms. The number of alkyl halides is 1. The average Bonchev–Trinajstić information content (AvgIpc) is 1.68. The van der Waals surface area contributed by atoms with Gasteiger partial charge in [-0.25, -0.2) is 0 Å². The number of hydrogen-bond acceptors (Lipinski definition) is 3.